The monoisotopic (exact) mass is 1160 g/mol. The van der Waals surface area contributed by atoms with Crippen LogP contribution in [0.3, 0.4) is 0 Å². The van der Waals surface area contributed by atoms with Gasteiger partial charge in [0, 0.05) is 78.3 Å². The zero-order valence-electron chi connectivity index (χ0n) is 54.0. The van der Waals surface area contributed by atoms with E-state index < -0.39 is 0 Å². The van der Waals surface area contributed by atoms with Crippen molar-refractivity contribution in [3.63, 3.8) is 0 Å². The topological polar surface area (TPSA) is 27.8 Å². The van der Waals surface area contributed by atoms with Gasteiger partial charge in [-0.15, -0.1) is 0 Å². The normalized spacial score (nSPS) is 13.2. The standard InChI is InChI=1S/C83H77BN4O/c1-50-41-74-78-75(42-50)88(62-45-51(2)77(52(3)46-62)67-28-22-27-66-65-26-19-21-30-76(65)89-80(66)67)72-47-56(82(9,10)11)33-39-68(72)84(78)69-40-37-61(49-73(69)87(74)59-34-31-55(32-35-59)81(6,7)8)85(79-53(4)43-57(44-54(79)5)83(12,13)14)60-36-38-64-63-25-18-20-29-70(63)86(71(64)48-60)58-23-16-15-17-24-58/h15-49H,1-14H3. The van der Waals surface area contributed by atoms with E-state index in [9.17, 15) is 0 Å². The summed E-state index contributed by atoms with van der Waals surface area (Å²) in [6, 6.07) is 80.5. The number of para-hydroxylation sites is 4. The van der Waals surface area contributed by atoms with Crippen LogP contribution in [0.1, 0.15) is 107 Å². The van der Waals surface area contributed by atoms with Crippen molar-refractivity contribution in [1.82, 2.24) is 4.57 Å². The molecule has 0 N–H and O–H groups in total. The van der Waals surface area contributed by atoms with Crippen LogP contribution in [-0.4, -0.2) is 11.3 Å². The third-order valence-corrected chi connectivity index (χ3v) is 19.3. The van der Waals surface area contributed by atoms with Gasteiger partial charge in [0.05, 0.1) is 16.7 Å². The molecule has 0 fully saturated rings. The van der Waals surface area contributed by atoms with Gasteiger partial charge in [0.15, 0.2) is 0 Å². The number of aromatic nitrogens is 1. The molecule has 2 aliphatic rings. The molecule has 5 nitrogen and oxygen atoms in total. The minimum Gasteiger partial charge on any atom is -0.455 e. The predicted octanol–water partition coefficient (Wildman–Crippen LogP) is 21.3. The fraction of sp³-hybridized carbons (Fsp3) is 0.205. The third-order valence-electron chi connectivity index (χ3n) is 19.3. The number of hydrogen-bond acceptors (Lipinski definition) is 4. The predicted molar refractivity (Wildman–Crippen MR) is 382 cm³/mol. The van der Waals surface area contributed by atoms with Crippen LogP contribution in [0.5, 0.6) is 0 Å². The fourth-order valence-electron chi connectivity index (χ4n) is 14.9. The average Bonchev–Trinajstić information content (AvgIpc) is 1.41. The average molecular weight is 1160 g/mol. The Labute approximate surface area is 525 Å². The summed E-state index contributed by atoms with van der Waals surface area (Å²) in [5.74, 6) is 0. The summed E-state index contributed by atoms with van der Waals surface area (Å²) in [4.78, 5) is 7.74. The van der Waals surface area contributed by atoms with Gasteiger partial charge in [-0.1, -0.05) is 184 Å². The zero-order valence-corrected chi connectivity index (χ0v) is 54.0. The Balaban J connectivity index is 0.979. The molecule has 89 heavy (non-hydrogen) atoms. The van der Waals surface area contributed by atoms with E-state index in [1.807, 2.05) is 0 Å². The van der Waals surface area contributed by atoms with Gasteiger partial charge in [0.2, 0.25) is 0 Å². The van der Waals surface area contributed by atoms with Crippen molar-refractivity contribution in [3.8, 4) is 16.8 Å². The van der Waals surface area contributed by atoms with Crippen LogP contribution in [0.4, 0.5) is 51.2 Å². The molecule has 11 aromatic carbocycles. The highest BCUT2D eigenvalue weighted by atomic mass is 16.3. The van der Waals surface area contributed by atoms with Gasteiger partial charge in [0.1, 0.15) is 11.2 Å². The molecule has 2 aliphatic heterocycles. The Hall–Kier alpha value is -9.52. The summed E-state index contributed by atoms with van der Waals surface area (Å²) in [7, 11) is 0. The lowest BCUT2D eigenvalue weighted by molar-refractivity contribution is 0.589. The lowest BCUT2D eigenvalue weighted by Gasteiger charge is -2.45. The van der Waals surface area contributed by atoms with Crippen molar-refractivity contribution in [2.75, 3.05) is 14.7 Å². The summed E-state index contributed by atoms with van der Waals surface area (Å²) < 4.78 is 9.15. The van der Waals surface area contributed by atoms with Gasteiger partial charge in [0.25, 0.3) is 6.71 Å². The van der Waals surface area contributed by atoms with Crippen LogP contribution < -0.4 is 31.1 Å². The molecule has 6 heteroatoms. The number of aryl methyl sites for hydroxylation is 5. The number of benzene rings is 11. The first-order valence-corrected chi connectivity index (χ1v) is 31.8. The molecule has 0 unspecified atom stereocenters. The number of nitrogens with zero attached hydrogens (tertiary/aromatic N) is 4. The maximum atomic E-state index is 6.71. The molecule has 2 aromatic heterocycles. The molecule has 0 aliphatic carbocycles. The number of anilines is 9. The van der Waals surface area contributed by atoms with E-state index in [4.69, 9.17) is 4.42 Å². The van der Waals surface area contributed by atoms with Gasteiger partial charge < -0.3 is 23.7 Å². The van der Waals surface area contributed by atoms with Gasteiger partial charge in [-0.05, 0) is 208 Å². The molecule has 0 spiro atoms. The molecule has 0 radical (unpaired) electrons. The summed E-state index contributed by atoms with van der Waals surface area (Å²) in [6.07, 6.45) is 0. The van der Waals surface area contributed by atoms with E-state index in [0.29, 0.717) is 0 Å². The summed E-state index contributed by atoms with van der Waals surface area (Å²) in [5.41, 5.74) is 31.8. The Bertz CT molecular complexity index is 4990. The second-order valence-electron chi connectivity index (χ2n) is 28.6. The molecule has 4 heterocycles. The van der Waals surface area contributed by atoms with Crippen molar-refractivity contribution in [1.29, 1.82) is 0 Å². The van der Waals surface area contributed by atoms with Crippen molar-refractivity contribution in [2.24, 2.45) is 0 Å². The molecule has 0 amide bonds. The minimum absolute atomic E-state index is 0.0221. The van der Waals surface area contributed by atoms with Crippen LogP contribution in [0.15, 0.2) is 217 Å². The molecular formula is C83H77BN4O. The van der Waals surface area contributed by atoms with Gasteiger partial charge in [-0.2, -0.15) is 0 Å². The Morgan fingerprint density at radius 3 is 1.61 bits per heavy atom. The quantitative estimate of drug-likeness (QED) is 0.149. The van der Waals surface area contributed by atoms with E-state index in [1.54, 1.807) is 0 Å². The Morgan fingerprint density at radius 1 is 0.382 bits per heavy atom. The van der Waals surface area contributed by atoms with Gasteiger partial charge >= 0.3 is 0 Å². The Kier molecular flexibility index (Phi) is 12.8. The van der Waals surface area contributed by atoms with E-state index in [2.05, 4.69) is 329 Å². The first kappa shape index (κ1) is 56.0. The smallest absolute Gasteiger partial charge is 0.252 e. The highest BCUT2D eigenvalue weighted by molar-refractivity contribution is 7.00. The highest BCUT2D eigenvalue weighted by Gasteiger charge is 2.44. The number of fused-ring (bicyclic) bond motifs is 10. The van der Waals surface area contributed by atoms with Crippen LogP contribution in [0.2, 0.25) is 0 Å². The number of hydrogen-bond donors (Lipinski definition) is 0. The van der Waals surface area contributed by atoms with E-state index in [1.165, 1.54) is 117 Å². The summed E-state index contributed by atoms with van der Waals surface area (Å²) in [6.45, 7) is 32.3. The molecule has 13 aromatic rings. The van der Waals surface area contributed by atoms with E-state index in [-0.39, 0.29) is 23.0 Å². The van der Waals surface area contributed by atoms with Crippen LogP contribution in [0.25, 0.3) is 60.6 Å². The third kappa shape index (κ3) is 9.03. The van der Waals surface area contributed by atoms with Crippen LogP contribution in [0, 0.1) is 34.6 Å². The zero-order chi connectivity index (χ0) is 61.7. The number of rotatable bonds is 7. The summed E-state index contributed by atoms with van der Waals surface area (Å²) >= 11 is 0. The van der Waals surface area contributed by atoms with Crippen molar-refractivity contribution in [3.05, 3.63) is 257 Å². The molecular weight excluding hydrogens is 1080 g/mol. The lowest BCUT2D eigenvalue weighted by atomic mass is 9.33. The van der Waals surface area contributed by atoms with E-state index in [0.717, 1.165) is 55.9 Å². The maximum absolute atomic E-state index is 6.71. The lowest BCUT2D eigenvalue weighted by Crippen LogP contribution is -2.61. The molecule has 438 valence electrons. The maximum Gasteiger partial charge on any atom is 0.252 e. The van der Waals surface area contributed by atoms with E-state index >= 15 is 0 Å². The van der Waals surface area contributed by atoms with Crippen molar-refractivity contribution >= 4 is 118 Å². The SMILES string of the molecule is Cc1cc2c3c(c1)N(c1cc(C)c(-c4cccc5c4oc4ccccc45)c(C)c1)c1cc(C(C)(C)C)ccc1B3c1ccc(N(c3ccc4c5ccccc5n(-c5ccccc5)c4c3)c3c(C)cc(C(C)(C)C)cc3C)cc1N2c1ccc(C(C)(C)C)cc1. The highest BCUT2D eigenvalue weighted by Crippen LogP contribution is 2.50. The largest absolute Gasteiger partial charge is 0.455 e. The first-order chi connectivity index (χ1) is 42.6. The second-order valence-corrected chi connectivity index (χ2v) is 28.6. The molecule has 0 saturated heterocycles. The van der Waals surface area contributed by atoms with Gasteiger partial charge in [-0.3, -0.25) is 0 Å². The van der Waals surface area contributed by atoms with Crippen molar-refractivity contribution in [2.45, 2.75) is 113 Å². The second kappa shape index (κ2) is 20.3. The molecule has 0 bridgehead atoms. The van der Waals surface area contributed by atoms with Gasteiger partial charge in [-0.25, -0.2) is 0 Å². The van der Waals surface area contributed by atoms with Crippen LogP contribution >= 0.6 is 0 Å². The van der Waals surface area contributed by atoms with Crippen LogP contribution in [-0.2, 0) is 16.2 Å². The molecule has 0 atom stereocenters. The molecule has 15 rings (SSSR count). The minimum atomic E-state index is -0.0988. The first-order valence-electron chi connectivity index (χ1n) is 31.8. The fourth-order valence-corrected chi connectivity index (χ4v) is 14.9. The summed E-state index contributed by atoms with van der Waals surface area (Å²) in [5, 5.41) is 4.74. The Morgan fingerprint density at radius 2 is 0.933 bits per heavy atom. The number of furan rings is 1. The van der Waals surface area contributed by atoms with Crippen molar-refractivity contribution < 1.29 is 4.42 Å². The molecule has 0 saturated carbocycles.